The van der Waals surface area contributed by atoms with Crippen molar-refractivity contribution in [3.63, 3.8) is 0 Å². The number of aromatic amines is 1. The quantitative estimate of drug-likeness (QED) is 0.793. The molecule has 0 bridgehead atoms. The second kappa shape index (κ2) is 7.42. The van der Waals surface area contributed by atoms with E-state index in [9.17, 15) is 4.79 Å². The highest BCUT2D eigenvalue weighted by atomic mass is 16.2. The van der Waals surface area contributed by atoms with Crippen molar-refractivity contribution in [2.75, 3.05) is 6.54 Å². The van der Waals surface area contributed by atoms with E-state index in [1.807, 2.05) is 30.3 Å². The van der Waals surface area contributed by atoms with Crippen molar-refractivity contribution in [1.82, 2.24) is 15.5 Å². The minimum Gasteiger partial charge on any atom is -0.346 e. The molecule has 1 aliphatic rings. The molecular formula is C18H24N4O. The van der Waals surface area contributed by atoms with Crippen LogP contribution in [0.15, 0.2) is 36.4 Å². The highest BCUT2D eigenvalue weighted by Crippen LogP contribution is 2.26. The molecule has 122 valence electrons. The SMILES string of the molecule is NCC(NC(=O)c1cc(-c2ccccc2)n[nH]1)C1CCCCC1. The number of aromatic nitrogens is 2. The van der Waals surface area contributed by atoms with Gasteiger partial charge in [0.25, 0.3) is 5.91 Å². The normalized spacial score (nSPS) is 16.9. The first-order valence-electron chi connectivity index (χ1n) is 8.39. The lowest BCUT2D eigenvalue weighted by molar-refractivity contribution is 0.0910. The Balaban J connectivity index is 1.67. The molecular weight excluding hydrogens is 288 g/mol. The molecule has 1 aromatic carbocycles. The Bertz CT molecular complexity index is 631. The van der Waals surface area contributed by atoms with Gasteiger partial charge in [0.2, 0.25) is 0 Å². The second-order valence-corrected chi connectivity index (χ2v) is 6.25. The fourth-order valence-corrected chi connectivity index (χ4v) is 3.35. The molecule has 1 atom stereocenters. The van der Waals surface area contributed by atoms with Gasteiger partial charge in [-0.1, -0.05) is 49.6 Å². The van der Waals surface area contributed by atoms with Gasteiger partial charge in [0.05, 0.1) is 5.69 Å². The molecule has 1 unspecified atom stereocenters. The van der Waals surface area contributed by atoms with Gasteiger partial charge in [-0.2, -0.15) is 5.10 Å². The van der Waals surface area contributed by atoms with Gasteiger partial charge >= 0.3 is 0 Å². The van der Waals surface area contributed by atoms with Crippen molar-refractivity contribution in [2.45, 2.75) is 38.1 Å². The third-order valence-electron chi connectivity index (χ3n) is 4.68. The Labute approximate surface area is 136 Å². The second-order valence-electron chi connectivity index (χ2n) is 6.25. The number of nitrogens with two attached hydrogens (primary N) is 1. The van der Waals surface area contributed by atoms with Crippen molar-refractivity contribution in [3.05, 3.63) is 42.1 Å². The molecule has 0 aliphatic heterocycles. The van der Waals surface area contributed by atoms with Crippen molar-refractivity contribution >= 4 is 5.91 Å². The Morgan fingerprint density at radius 2 is 2.00 bits per heavy atom. The van der Waals surface area contributed by atoms with E-state index in [4.69, 9.17) is 5.73 Å². The number of carbonyl (C=O) groups excluding carboxylic acids is 1. The van der Waals surface area contributed by atoms with Gasteiger partial charge in [0, 0.05) is 18.2 Å². The summed E-state index contributed by atoms with van der Waals surface area (Å²) in [4.78, 5) is 12.5. The highest BCUT2D eigenvalue weighted by molar-refractivity contribution is 5.93. The van der Waals surface area contributed by atoms with E-state index in [-0.39, 0.29) is 11.9 Å². The number of H-pyrrole nitrogens is 1. The van der Waals surface area contributed by atoms with E-state index in [0.717, 1.165) is 24.1 Å². The molecule has 23 heavy (non-hydrogen) atoms. The first kappa shape index (κ1) is 15.7. The van der Waals surface area contributed by atoms with Crippen molar-refractivity contribution in [2.24, 2.45) is 11.7 Å². The number of nitrogens with one attached hydrogen (secondary N) is 2. The van der Waals surface area contributed by atoms with Crippen molar-refractivity contribution in [1.29, 1.82) is 0 Å². The minimum atomic E-state index is -0.124. The summed E-state index contributed by atoms with van der Waals surface area (Å²) in [5.41, 5.74) is 8.14. The monoisotopic (exact) mass is 312 g/mol. The van der Waals surface area contributed by atoms with Crippen LogP contribution in [0.5, 0.6) is 0 Å². The zero-order chi connectivity index (χ0) is 16.1. The summed E-state index contributed by atoms with van der Waals surface area (Å²) >= 11 is 0. The molecule has 1 saturated carbocycles. The van der Waals surface area contributed by atoms with Gasteiger partial charge in [-0.25, -0.2) is 0 Å². The molecule has 1 aliphatic carbocycles. The van der Waals surface area contributed by atoms with Gasteiger partial charge < -0.3 is 11.1 Å². The summed E-state index contributed by atoms with van der Waals surface area (Å²) in [6, 6.07) is 11.7. The third kappa shape index (κ3) is 3.79. The van der Waals surface area contributed by atoms with Crippen LogP contribution >= 0.6 is 0 Å². The molecule has 4 N–H and O–H groups in total. The van der Waals surface area contributed by atoms with E-state index in [1.165, 1.54) is 19.3 Å². The zero-order valence-corrected chi connectivity index (χ0v) is 13.3. The molecule has 0 saturated heterocycles. The van der Waals surface area contributed by atoms with Gasteiger partial charge in [-0.05, 0) is 24.8 Å². The molecule has 5 nitrogen and oxygen atoms in total. The molecule has 0 spiro atoms. The van der Waals surface area contributed by atoms with E-state index >= 15 is 0 Å². The van der Waals surface area contributed by atoms with Crippen LogP contribution in [0.25, 0.3) is 11.3 Å². The highest BCUT2D eigenvalue weighted by Gasteiger charge is 2.25. The lowest BCUT2D eigenvalue weighted by Crippen LogP contribution is -2.46. The van der Waals surface area contributed by atoms with Gasteiger partial charge in [0.1, 0.15) is 5.69 Å². The number of rotatable bonds is 5. The summed E-state index contributed by atoms with van der Waals surface area (Å²) in [7, 11) is 0. The van der Waals surface area contributed by atoms with Crippen LogP contribution in [-0.4, -0.2) is 28.7 Å². The molecule has 0 radical (unpaired) electrons. The Hall–Kier alpha value is -2.14. The van der Waals surface area contributed by atoms with Crippen LogP contribution in [0, 0.1) is 5.92 Å². The Kier molecular flexibility index (Phi) is 5.08. The van der Waals surface area contributed by atoms with Gasteiger partial charge in [-0.3, -0.25) is 9.89 Å². The average molecular weight is 312 g/mol. The van der Waals surface area contributed by atoms with Crippen molar-refractivity contribution in [3.8, 4) is 11.3 Å². The van der Waals surface area contributed by atoms with E-state index in [2.05, 4.69) is 15.5 Å². The first-order chi connectivity index (χ1) is 11.3. The van der Waals surface area contributed by atoms with E-state index in [1.54, 1.807) is 6.07 Å². The Morgan fingerprint density at radius 3 is 2.70 bits per heavy atom. The molecule has 5 heteroatoms. The summed E-state index contributed by atoms with van der Waals surface area (Å²) in [6.07, 6.45) is 6.07. The zero-order valence-electron chi connectivity index (χ0n) is 13.3. The smallest absolute Gasteiger partial charge is 0.269 e. The average Bonchev–Trinajstić information content (AvgIpc) is 3.11. The predicted molar refractivity (Wildman–Crippen MR) is 90.9 cm³/mol. The largest absolute Gasteiger partial charge is 0.346 e. The van der Waals surface area contributed by atoms with Crippen molar-refractivity contribution < 1.29 is 4.79 Å². The third-order valence-corrected chi connectivity index (χ3v) is 4.68. The fourth-order valence-electron chi connectivity index (χ4n) is 3.35. The maximum Gasteiger partial charge on any atom is 0.269 e. The number of nitrogens with zero attached hydrogens (tertiary/aromatic N) is 1. The maximum absolute atomic E-state index is 12.5. The number of hydrogen-bond donors (Lipinski definition) is 3. The summed E-state index contributed by atoms with van der Waals surface area (Å²) < 4.78 is 0. The van der Waals surface area contributed by atoms with E-state index in [0.29, 0.717) is 18.2 Å². The van der Waals surface area contributed by atoms with Crippen LogP contribution < -0.4 is 11.1 Å². The van der Waals surface area contributed by atoms with Crippen LogP contribution in [0.2, 0.25) is 0 Å². The maximum atomic E-state index is 12.5. The summed E-state index contributed by atoms with van der Waals surface area (Å²) in [5, 5.41) is 10.2. The fraction of sp³-hybridized carbons (Fsp3) is 0.444. The molecule has 3 rings (SSSR count). The van der Waals surface area contributed by atoms with Gasteiger partial charge in [-0.15, -0.1) is 0 Å². The van der Waals surface area contributed by atoms with Crippen LogP contribution in [0.1, 0.15) is 42.6 Å². The van der Waals surface area contributed by atoms with Crippen LogP contribution in [0.4, 0.5) is 0 Å². The lowest BCUT2D eigenvalue weighted by atomic mass is 9.84. The summed E-state index contributed by atoms with van der Waals surface area (Å²) in [5.74, 6) is 0.370. The molecule has 1 fully saturated rings. The lowest BCUT2D eigenvalue weighted by Gasteiger charge is -2.29. The van der Waals surface area contributed by atoms with Crippen LogP contribution in [0.3, 0.4) is 0 Å². The first-order valence-corrected chi connectivity index (χ1v) is 8.39. The number of carbonyl (C=O) groups is 1. The van der Waals surface area contributed by atoms with Crippen LogP contribution in [-0.2, 0) is 0 Å². The molecule has 2 aromatic rings. The minimum absolute atomic E-state index is 0.0475. The number of hydrogen-bond acceptors (Lipinski definition) is 3. The number of benzene rings is 1. The molecule has 1 heterocycles. The van der Waals surface area contributed by atoms with E-state index < -0.39 is 0 Å². The van der Waals surface area contributed by atoms with Gasteiger partial charge in [0.15, 0.2) is 0 Å². The topological polar surface area (TPSA) is 83.8 Å². The molecule has 1 aromatic heterocycles. The molecule has 1 amide bonds. The summed E-state index contributed by atoms with van der Waals surface area (Å²) in [6.45, 7) is 0.482. The Morgan fingerprint density at radius 1 is 1.26 bits per heavy atom. The number of amides is 1. The standard InChI is InChI=1S/C18H24N4O/c19-12-17(14-9-5-2-6-10-14)20-18(23)16-11-15(21-22-16)13-7-3-1-4-8-13/h1,3-4,7-8,11,14,17H,2,5-6,9-10,12,19H2,(H,20,23)(H,21,22). The predicted octanol–water partition coefficient (Wildman–Crippen LogP) is 2.71.